The molecule has 0 amide bonds. The molecule has 1 heterocycles. The van der Waals surface area contributed by atoms with E-state index in [0.29, 0.717) is 5.88 Å². The number of hydrogen-bond donors (Lipinski definition) is 0. The molecule has 0 fully saturated rings. The number of aromatic nitrogens is 4. The summed E-state index contributed by atoms with van der Waals surface area (Å²) in [4.78, 5) is 0. The third-order valence-electron chi connectivity index (χ3n) is 1.69. The van der Waals surface area contributed by atoms with E-state index in [1.54, 1.807) is 4.68 Å². The molecule has 0 aromatic carbocycles. The van der Waals surface area contributed by atoms with Crippen LogP contribution in [0, 0.1) is 0 Å². The van der Waals surface area contributed by atoms with Crippen LogP contribution in [-0.2, 0) is 12.4 Å². The molecule has 0 bridgehead atoms. The van der Waals surface area contributed by atoms with Crippen LogP contribution in [0.4, 0.5) is 0 Å². The van der Waals surface area contributed by atoms with Crippen molar-refractivity contribution in [1.82, 2.24) is 20.2 Å². The minimum atomic E-state index is 0.384. The van der Waals surface area contributed by atoms with E-state index in [0.717, 1.165) is 18.8 Å². The molecule has 1 aromatic rings. The molecule has 0 N–H and O–H groups in total. The molecule has 0 saturated heterocycles. The normalized spacial score (nSPS) is 10.6. The SMILES string of the molecule is CSCCCCn1nnnc1CCl. The van der Waals surface area contributed by atoms with Crippen molar-refractivity contribution in [2.75, 3.05) is 12.0 Å². The lowest BCUT2D eigenvalue weighted by molar-refractivity contribution is 0.541. The van der Waals surface area contributed by atoms with E-state index in [4.69, 9.17) is 11.6 Å². The summed E-state index contributed by atoms with van der Waals surface area (Å²) < 4.78 is 1.77. The molecule has 1 rings (SSSR count). The predicted molar refractivity (Wildman–Crippen MR) is 55.0 cm³/mol. The van der Waals surface area contributed by atoms with Crippen LogP contribution in [0.5, 0.6) is 0 Å². The van der Waals surface area contributed by atoms with Crippen LogP contribution in [0.2, 0.25) is 0 Å². The third-order valence-corrected chi connectivity index (χ3v) is 2.63. The highest BCUT2D eigenvalue weighted by molar-refractivity contribution is 7.98. The fraction of sp³-hybridized carbons (Fsp3) is 0.857. The highest BCUT2D eigenvalue weighted by Crippen LogP contribution is 2.03. The van der Waals surface area contributed by atoms with Crippen molar-refractivity contribution in [2.45, 2.75) is 25.3 Å². The van der Waals surface area contributed by atoms with Gasteiger partial charge in [0.05, 0.1) is 5.88 Å². The zero-order chi connectivity index (χ0) is 9.52. The maximum Gasteiger partial charge on any atom is 0.165 e. The summed E-state index contributed by atoms with van der Waals surface area (Å²) in [7, 11) is 0. The zero-order valence-electron chi connectivity index (χ0n) is 7.61. The lowest BCUT2D eigenvalue weighted by Crippen LogP contribution is -2.04. The van der Waals surface area contributed by atoms with Crippen LogP contribution in [0.25, 0.3) is 0 Å². The summed E-state index contributed by atoms with van der Waals surface area (Å²) in [5.41, 5.74) is 0. The Labute approximate surface area is 87.0 Å². The fourth-order valence-electron chi connectivity index (χ4n) is 1.00. The van der Waals surface area contributed by atoms with E-state index >= 15 is 0 Å². The Balaban J connectivity index is 2.27. The van der Waals surface area contributed by atoms with Crippen LogP contribution in [0.15, 0.2) is 0 Å². The first-order valence-electron chi connectivity index (χ1n) is 4.18. The van der Waals surface area contributed by atoms with Crippen LogP contribution in [0.3, 0.4) is 0 Å². The number of halogens is 1. The summed E-state index contributed by atoms with van der Waals surface area (Å²) in [6.07, 6.45) is 4.42. The Morgan fingerprint density at radius 2 is 2.31 bits per heavy atom. The van der Waals surface area contributed by atoms with E-state index in [9.17, 15) is 0 Å². The highest BCUT2D eigenvalue weighted by Gasteiger charge is 2.02. The summed E-state index contributed by atoms with van der Waals surface area (Å²) in [6.45, 7) is 0.871. The molecule has 0 radical (unpaired) electrons. The van der Waals surface area contributed by atoms with Crippen LogP contribution in [-0.4, -0.2) is 32.2 Å². The molecule has 0 spiro atoms. The van der Waals surface area contributed by atoms with E-state index in [2.05, 4.69) is 21.8 Å². The number of aryl methyl sites for hydroxylation is 1. The standard InChI is InChI=1S/C7H13ClN4S/c1-13-5-3-2-4-12-7(6-8)9-10-11-12/h2-6H2,1H3. The van der Waals surface area contributed by atoms with Gasteiger partial charge in [0.1, 0.15) is 0 Å². The largest absolute Gasteiger partial charge is 0.228 e. The number of nitrogens with zero attached hydrogens (tertiary/aromatic N) is 4. The molecule has 6 heteroatoms. The number of alkyl halides is 1. The molecule has 0 saturated carbocycles. The second-order valence-corrected chi connectivity index (χ2v) is 3.90. The molecular formula is C7H13ClN4S. The minimum absolute atomic E-state index is 0.384. The van der Waals surface area contributed by atoms with Gasteiger partial charge in [-0.25, -0.2) is 4.68 Å². The molecule has 74 valence electrons. The second kappa shape index (κ2) is 6.21. The topological polar surface area (TPSA) is 43.6 Å². The highest BCUT2D eigenvalue weighted by atomic mass is 35.5. The summed E-state index contributed by atoms with van der Waals surface area (Å²) in [5.74, 6) is 2.33. The number of rotatable bonds is 6. The predicted octanol–water partition coefficient (Wildman–Crippen LogP) is 1.56. The van der Waals surface area contributed by atoms with E-state index < -0.39 is 0 Å². The van der Waals surface area contributed by atoms with Crippen molar-refractivity contribution in [1.29, 1.82) is 0 Å². The first-order chi connectivity index (χ1) is 6.38. The van der Waals surface area contributed by atoms with Gasteiger partial charge in [-0.2, -0.15) is 11.8 Å². The van der Waals surface area contributed by atoms with Gasteiger partial charge in [-0.05, 0) is 35.3 Å². The average Bonchev–Trinajstić information content (AvgIpc) is 2.60. The molecule has 1 aromatic heterocycles. The number of tetrazole rings is 1. The molecule has 0 aliphatic heterocycles. The minimum Gasteiger partial charge on any atom is -0.228 e. The summed E-state index contributed by atoms with van der Waals surface area (Å²) in [5, 5.41) is 11.2. The third kappa shape index (κ3) is 3.52. The maximum absolute atomic E-state index is 5.65. The second-order valence-electron chi connectivity index (χ2n) is 2.65. The fourth-order valence-corrected chi connectivity index (χ4v) is 1.68. The van der Waals surface area contributed by atoms with E-state index in [1.807, 2.05) is 11.8 Å². The molecule has 0 atom stereocenters. The van der Waals surface area contributed by atoms with Crippen molar-refractivity contribution >= 4 is 23.4 Å². The molecule has 0 aliphatic carbocycles. The Morgan fingerprint density at radius 3 is 3.00 bits per heavy atom. The van der Waals surface area contributed by atoms with Gasteiger partial charge in [0, 0.05) is 6.54 Å². The molecule has 4 nitrogen and oxygen atoms in total. The summed E-state index contributed by atoms with van der Waals surface area (Å²) in [6, 6.07) is 0. The first-order valence-corrected chi connectivity index (χ1v) is 6.11. The number of unbranched alkanes of at least 4 members (excludes halogenated alkanes) is 1. The lowest BCUT2D eigenvalue weighted by atomic mass is 10.3. The Hall–Kier alpha value is -0.290. The van der Waals surface area contributed by atoms with Crippen molar-refractivity contribution in [3.63, 3.8) is 0 Å². The molecular weight excluding hydrogens is 208 g/mol. The van der Waals surface area contributed by atoms with Gasteiger partial charge in [0.25, 0.3) is 0 Å². The van der Waals surface area contributed by atoms with Gasteiger partial charge >= 0.3 is 0 Å². The van der Waals surface area contributed by atoms with Crippen molar-refractivity contribution < 1.29 is 0 Å². The monoisotopic (exact) mass is 220 g/mol. The lowest BCUT2D eigenvalue weighted by Gasteiger charge is -2.01. The Kier molecular flexibility index (Phi) is 5.15. The molecule has 13 heavy (non-hydrogen) atoms. The number of thioether (sulfide) groups is 1. The van der Waals surface area contributed by atoms with Crippen molar-refractivity contribution in [3.8, 4) is 0 Å². The quantitative estimate of drug-likeness (QED) is 0.539. The smallest absolute Gasteiger partial charge is 0.165 e. The van der Waals surface area contributed by atoms with Gasteiger partial charge in [-0.1, -0.05) is 0 Å². The van der Waals surface area contributed by atoms with Gasteiger partial charge < -0.3 is 0 Å². The van der Waals surface area contributed by atoms with Gasteiger partial charge in [-0.3, -0.25) is 0 Å². The zero-order valence-corrected chi connectivity index (χ0v) is 9.18. The Bertz CT molecular complexity index is 240. The van der Waals surface area contributed by atoms with E-state index in [1.165, 1.54) is 12.2 Å². The van der Waals surface area contributed by atoms with Gasteiger partial charge in [-0.15, -0.1) is 16.7 Å². The van der Waals surface area contributed by atoms with Crippen LogP contribution in [0.1, 0.15) is 18.7 Å². The summed E-state index contributed by atoms with van der Waals surface area (Å²) >= 11 is 7.51. The van der Waals surface area contributed by atoms with Crippen LogP contribution < -0.4 is 0 Å². The van der Waals surface area contributed by atoms with Gasteiger partial charge in [0.15, 0.2) is 5.82 Å². The maximum atomic E-state index is 5.65. The first kappa shape index (κ1) is 10.8. The molecule has 0 unspecified atom stereocenters. The van der Waals surface area contributed by atoms with Crippen molar-refractivity contribution in [3.05, 3.63) is 5.82 Å². The van der Waals surface area contributed by atoms with Gasteiger partial charge in [0.2, 0.25) is 0 Å². The van der Waals surface area contributed by atoms with E-state index in [-0.39, 0.29) is 0 Å². The Morgan fingerprint density at radius 1 is 1.46 bits per heavy atom. The van der Waals surface area contributed by atoms with Crippen molar-refractivity contribution in [2.24, 2.45) is 0 Å². The molecule has 0 aliphatic rings. The average molecular weight is 221 g/mol. The number of hydrogen-bond acceptors (Lipinski definition) is 4. The van der Waals surface area contributed by atoms with Crippen LogP contribution >= 0.6 is 23.4 Å².